The number of rotatable bonds is 6. The number of hydrogen-bond donors (Lipinski definition) is 1. The molecule has 1 aromatic heterocycles. The molecule has 1 amide bonds. The molecule has 1 saturated heterocycles. The Bertz CT molecular complexity index is 733. The van der Waals surface area contributed by atoms with E-state index in [4.69, 9.17) is 0 Å². The van der Waals surface area contributed by atoms with Crippen molar-refractivity contribution in [3.05, 3.63) is 51.5 Å². The van der Waals surface area contributed by atoms with E-state index in [0.717, 1.165) is 21.8 Å². The molecule has 1 aliphatic rings. The molecular formula is C19H24FN3OS. The first-order chi connectivity index (χ1) is 12.0. The molecule has 1 aliphatic heterocycles. The fourth-order valence-corrected chi connectivity index (χ4v) is 3.92. The number of nitrogens with one attached hydrogen (secondary N) is 1. The van der Waals surface area contributed by atoms with Crippen LogP contribution in [0.3, 0.4) is 0 Å². The fourth-order valence-electron chi connectivity index (χ4n) is 3.32. The number of carbonyl (C=O) groups excluding carboxylic acids is 1. The van der Waals surface area contributed by atoms with Gasteiger partial charge in [-0.05, 0) is 25.8 Å². The van der Waals surface area contributed by atoms with Gasteiger partial charge in [0.1, 0.15) is 6.17 Å². The third-order valence-electron chi connectivity index (χ3n) is 4.49. The molecule has 25 heavy (non-hydrogen) atoms. The largest absolute Gasteiger partial charge is 0.354 e. The highest BCUT2D eigenvalue weighted by molar-refractivity contribution is 7.09. The fraction of sp³-hybridized carbons (Fsp3) is 0.474. The summed E-state index contributed by atoms with van der Waals surface area (Å²) in [5, 5.41) is 6.01. The zero-order valence-electron chi connectivity index (χ0n) is 14.7. The zero-order valence-corrected chi connectivity index (χ0v) is 15.5. The first-order valence-corrected chi connectivity index (χ1v) is 9.49. The van der Waals surface area contributed by atoms with Crippen LogP contribution in [0.1, 0.15) is 28.2 Å². The number of amides is 1. The molecule has 0 radical (unpaired) electrons. The van der Waals surface area contributed by atoms with E-state index in [0.29, 0.717) is 32.5 Å². The summed E-state index contributed by atoms with van der Waals surface area (Å²) in [7, 11) is 0. The average molecular weight is 361 g/mol. The van der Waals surface area contributed by atoms with E-state index in [2.05, 4.69) is 15.2 Å². The number of likely N-dealkylation sites (tertiary alicyclic amines) is 1. The van der Waals surface area contributed by atoms with E-state index in [1.807, 2.05) is 43.5 Å². The van der Waals surface area contributed by atoms with Gasteiger partial charge in [-0.25, -0.2) is 9.37 Å². The minimum absolute atomic E-state index is 0.0163. The molecule has 1 N–H and O–H groups in total. The van der Waals surface area contributed by atoms with Crippen molar-refractivity contribution in [1.82, 2.24) is 15.2 Å². The molecule has 2 heterocycles. The van der Waals surface area contributed by atoms with Gasteiger partial charge in [0.25, 0.3) is 0 Å². The molecule has 1 fully saturated rings. The maximum Gasteiger partial charge on any atom is 0.224 e. The van der Waals surface area contributed by atoms with Crippen molar-refractivity contribution < 1.29 is 9.18 Å². The summed E-state index contributed by atoms with van der Waals surface area (Å²) in [5.41, 5.74) is 3.13. The predicted octanol–water partition coefficient (Wildman–Crippen LogP) is 3.03. The van der Waals surface area contributed by atoms with Crippen LogP contribution in [0.15, 0.2) is 29.6 Å². The standard InChI is InChI=1S/C19H24FN3OS/c1-13-4-3-5-15(6-13)7-19(24)21-9-18-8-16(20)10-23(18)11-17-12-25-14(2)22-17/h3-6,12,16,18H,7-11H2,1-2H3,(H,21,24)/t16-,18-/m0/s1. The molecular weight excluding hydrogens is 337 g/mol. The lowest BCUT2D eigenvalue weighted by Gasteiger charge is -2.23. The second-order valence-electron chi connectivity index (χ2n) is 6.74. The monoisotopic (exact) mass is 361 g/mol. The second kappa shape index (κ2) is 8.06. The van der Waals surface area contributed by atoms with Crippen molar-refractivity contribution in [2.24, 2.45) is 0 Å². The van der Waals surface area contributed by atoms with Gasteiger partial charge in [-0.3, -0.25) is 9.69 Å². The first-order valence-electron chi connectivity index (χ1n) is 8.61. The summed E-state index contributed by atoms with van der Waals surface area (Å²) < 4.78 is 13.9. The van der Waals surface area contributed by atoms with E-state index in [1.54, 1.807) is 11.3 Å². The number of benzene rings is 1. The average Bonchev–Trinajstić information content (AvgIpc) is 3.11. The number of hydrogen-bond acceptors (Lipinski definition) is 4. The van der Waals surface area contributed by atoms with Crippen molar-refractivity contribution in [3.63, 3.8) is 0 Å². The Labute approximate surface area is 152 Å². The molecule has 2 aromatic rings. The van der Waals surface area contributed by atoms with E-state index >= 15 is 0 Å². The Morgan fingerprint density at radius 1 is 1.44 bits per heavy atom. The van der Waals surface area contributed by atoms with Crippen LogP contribution in [-0.2, 0) is 17.8 Å². The molecule has 2 atom stereocenters. The molecule has 6 heteroatoms. The van der Waals surface area contributed by atoms with Crippen LogP contribution < -0.4 is 5.32 Å². The first kappa shape index (κ1) is 18.0. The third-order valence-corrected chi connectivity index (χ3v) is 5.31. The molecule has 134 valence electrons. The summed E-state index contributed by atoms with van der Waals surface area (Å²) >= 11 is 1.61. The van der Waals surface area contributed by atoms with Gasteiger partial charge >= 0.3 is 0 Å². The Hall–Kier alpha value is -1.79. The van der Waals surface area contributed by atoms with Crippen LogP contribution in [0.5, 0.6) is 0 Å². The molecule has 4 nitrogen and oxygen atoms in total. The number of halogens is 1. The Balaban J connectivity index is 1.52. The number of thiazole rings is 1. The molecule has 0 bridgehead atoms. The SMILES string of the molecule is Cc1cccc(CC(=O)NC[C@@H]2C[C@H](F)CN2Cc2csc(C)n2)c1. The molecule has 3 rings (SSSR count). The van der Waals surface area contributed by atoms with Crippen LogP contribution in [-0.4, -0.2) is 41.1 Å². The lowest BCUT2D eigenvalue weighted by Crippen LogP contribution is -2.40. The minimum atomic E-state index is -0.835. The van der Waals surface area contributed by atoms with Crippen LogP contribution in [0, 0.1) is 13.8 Å². The normalized spacial score (nSPS) is 20.8. The number of nitrogens with zero attached hydrogens (tertiary/aromatic N) is 2. The van der Waals surface area contributed by atoms with Gasteiger partial charge < -0.3 is 5.32 Å². The van der Waals surface area contributed by atoms with Crippen molar-refractivity contribution >= 4 is 17.2 Å². The highest BCUT2D eigenvalue weighted by atomic mass is 32.1. The van der Waals surface area contributed by atoms with Gasteiger partial charge in [0.15, 0.2) is 0 Å². The van der Waals surface area contributed by atoms with Crippen LogP contribution in [0.2, 0.25) is 0 Å². The lowest BCUT2D eigenvalue weighted by atomic mass is 10.1. The summed E-state index contributed by atoms with van der Waals surface area (Å²) in [5.74, 6) is -0.0163. The Morgan fingerprint density at radius 3 is 3.00 bits per heavy atom. The molecule has 0 unspecified atom stereocenters. The van der Waals surface area contributed by atoms with E-state index in [1.165, 1.54) is 0 Å². The lowest BCUT2D eigenvalue weighted by molar-refractivity contribution is -0.120. The summed E-state index contributed by atoms with van der Waals surface area (Å²) in [4.78, 5) is 18.7. The van der Waals surface area contributed by atoms with Gasteiger partial charge in [-0.1, -0.05) is 29.8 Å². The van der Waals surface area contributed by atoms with Gasteiger partial charge in [0.2, 0.25) is 5.91 Å². The highest BCUT2D eigenvalue weighted by Crippen LogP contribution is 2.23. The van der Waals surface area contributed by atoms with Crippen molar-refractivity contribution in [2.45, 2.75) is 45.4 Å². The summed E-state index contributed by atoms with van der Waals surface area (Å²) in [6.45, 7) is 5.52. The van der Waals surface area contributed by atoms with Crippen molar-refractivity contribution in [2.75, 3.05) is 13.1 Å². The maximum absolute atomic E-state index is 13.9. The third kappa shape index (κ3) is 5.09. The quantitative estimate of drug-likeness (QED) is 0.860. The van der Waals surface area contributed by atoms with Crippen LogP contribution >= 0.6 is 11.3 Å². The minimum Gasteiger partial charge on any atom is -0.354 e. The van der Waals surface area contributed by atoms with E-state index in [9.17, 15) is 9.18 Å². The van der Waals surface area contributed by atoms with Gasteiger partial charge in [-0.2, -0.15) is 0 Å². The molecule has 1 aromatic carbocycles. The topological polar surface area (TPSA) is 45.2 Å². The smallest absolute Gasteiger partial charge is 0.224 e. The number of aryl methyl sites for hydroxylation is 2. The Morgan fingerprint density at radius 2 is 2.28 bits per heavy atom. The summed E-state index contributed by atoms with van der Waals surface area (Å²) in [6, 6.07) is 7.97. The zero-order chi connectivity index (χ0) is 17.8. The highest BCUT2D eigenvalue weighted by Gasteiger charge is 2.32. The second-order valence-corrected chi connectivity index (χ2v) is 7.81. The summed E-state index contributed by atoms with van der Waals surface area (Å²) in [6.07, 6.45) is -0.00884. The van der Waals surface area contributed by atoms with Gasteiger partial charge in [-0.15, -0.1) is 11.3 Å². The number of alkyl halides is 1. The Kier molecular flexibility index (Phi) is 5.81. The number of aromatic nitrogens is 1. The number of carbonyl (C=O) groups is 1. The maximum atomic E-state index is 13.9. The molecule has 0 aliphatic carbocycles. The molecule has 0 spiro atoms. The van der Waals surface area contributed by atoms with E-state index in [-0.39, 0.29) is 11.9 Å². The van der Waals surface area contributed by atoms with Crippen molar-refractivity contribution in [3.8, 4) is 0 Å². The van der Waals surface area contributed by atoms with Crippen LogP contribution in [0.25, 0.3) is 0 Å². The van der Waals surface area contributed by atoms with Gasteiger partial charge in [0, 0.05) is 31.1 Å². The van der Waals surface area contributed by atoms with Crippen molar-refractivity contribution in [1.29, 1.82) is 0 Å². The van der Waals surface area contributed by atoms with Crippen LogP contribution in [0.4, 0.5) is 4.39 Å². The van der Waals surface area contributed by atoms with E-state index < -0.39 is 6.17 Å². The van der Waals surface area contributed by atoms with Gasteiger partial charge in [0.05, 0.1) is 17.1 Å². The molecule has 0 saturated carbocycles. The predicted molar refractivity (Wildman–Crippen MR) is 98.5 cm³/mol.